The van der Waals surface area contributed by atoms with Crippen molar-refractivity contribution in [1.29, 1.82) is 0 Å². The van der Waals surface area contributed by atoms with Crippen molar-refractivity contribution < 1.29 is 22.7 Å². The summed E-state index contributed by atoms with van der Waals surface area (Å²) in [7, 11) is -4.67. The number of rotatable bonds is 3. The molecule has 4 heterocycles. The van der Waals surface area contributed by atoms with Crippen molar-refractivity contribution >= 4 is 15.7 Å². The number of halogens is 1. The number of oxazole rings is 1. The standard InChI is InChI=1S/C15H16FN5O3S/c1-10-17-7-15(24-10)25(22,23)20-4-2-11(3-5-20)12-8-21-14(6-13(12)16)18-9-19-21/h6-9,11H,2-5H2,1H3/i4D2,5D2. The summed E-state index contributed by atoms with van der Waals surface area (Å²) in [6.07, 6.45) is 2.53. The van der Waals surface area contributed by atoms with Crippen molar-refractivity contribution in [2.75, 3.05) is 13.0 Å². The van der Waals surface area contributed by atoms with Crippen molar-refractivity contribution in [3.05, 3.63) is 42.1 Å². The van der Waals surface area contributed by atoms with Crippen LogP contribution in [0.1, 0.15) is 35.7 Å². The minimum atomic E-state index is -4.67. The molecule has 0 bridgehead atoms. The molecule has 0 unspecified atom stereocenters. The highest BCUT2D eigenvalue weighted by Crippen LogP contribution is 2.32. The Morgan fingerprint density at radius 1 is 1.36 bits per heavy atom. The van der Waals surface area contributed by atoms with E-state index < -0.39 is 52.7 Å². The second kappa shape index (κ2) is 5.88. The molecule has 1 fully saturated rings. The van der Waals surface area contributed by atoms with Gasteiger partial charge in [0.25, 0.3) is 15.1 Å². The van der Waals surface area contributed by atoms with E-state index in [0.717, 1.165) is 12.3 Å². The Labute approximate surface area is 149 Å². The molecule has 8 nitrogen and oxygen atoms in total. The van der Waals surface area contributed by atoms with Crippen molar-refractivity contribution in [2.24, 2.45) is 0 Å². The van der Waals surface area contributed by atoms with Crippen LogP contribution in [0, 0.1) is 12.7 Å². The van der Waals surface area contributed by atoms with Gasteiger partial charge in [-0.25, -0.2) is 27.3 Å². The third-order valence-corrected chi connectivity index (χ3v) is 5.33. The highest BCUT2D eigenvalue weighted by molar-refractivity contribution is 7.89. The molecule has 132 valence electrons. The van der Waals surface area contributed by atoms with Crippen molar-refractivity contribution in [1.82, 2.24) is 23.9 Å². The predicted molar refractivity (Wildman–Crippen MR) is 84.9 cm³/mol. The number of sulfonamides is 1. The molecule has 0 atom stereocenters. The predicted octanol–water partition coefficient (Wildman–Crippen LogP) is 1.73. The van der Waals surface area contributed by atoms with E-state index in [2.05, 4.69) is 15.1 Å². The average molecular weight is 369 g/mol. The molecule has 1 aliphatic heterocycles. The Morgan fingerprint density at radius 3 is 2.80 bits per heavy atom. The molecule has 25 heavy (non-hydrogen) atoms. The van der Waals surface area contributed by atoms with E-state index in [9.17, 15) is 12.8 Å². The monoisotopic (exact) mass is 369 g/mol. The van der Waals surface area contributed by atoms with Crippen LogP contribution in [0.4, 0.5) is 4.39 Å². The zero-order valence-corrected chi connectivity index (χ0v) is 13.9. The van der Waals surface area contributed by atoms with Gasteiger partial charge in [-0.3, -0.25) is 0 Å². The van der Waals surface area contributed by atoms with Crippen LogP contribution in [0.25, 0.3) is 5.65 Å². The first-order chi connectivity index (χ1) is 13.4. The molecule has 1 aliphatic rings. The Kier molecular flexibility index (Phi) is 2.85. The Bertz CT molecular complexity index is 1180. The van der Waals surface area contributed by atoms with Gasteiger partial charge in [-0.1, -0.05) is 0 Å². The fourth-order valence-electron chi connectivity index (χ4n) is 2.61. The molecule has 0 N–H and O–H groups in total. The summed E-state index contributed by atoms with van der Waals surface area (Å²) in [5, 5.41) is 3.25. The first-order valence-electron chi connectivity index (χ1n) is 9.39. The van der Waals surface area contributed by atoms with E-state index >= 15 is 0 Å². The molecular formula is C15H16FN5O3S. The molecule has 1 saturated heterocycles. The summed E-state index contributed by atoms with van der Waals surface area (Å²) >= 11 is 0. The van der Waals surface area contributed by atoms with Crippen molar-refractivity contribution in [3.8, 4) is 0 Å². The number of aryl methyl sites for hydroxylation is 1. The molecule has 0 aliphatic carbocycles. The minimum absolute atomic E-state index is 0.0308. The van der Waals surface area contributed by atoms with Crippen molar-refractivity contribution in [3.63, 3.8) is 0 Å². The van der Waals surface area contributed by atoms with Gasteiger partial charge in [0.2, 0.25) is 0 Å². The molecule has 0 amide bonds. The number of nitrogens with zero attached hydrogens (tertiary/aromatic N) is 5. The average Bonchev–Trinajstić information content (AvgIpc) is 3.19. The highest BCUT2D eigenvalue weighted by atomic mass is 32.2. The van der Waals surface area contributed by atoms with Gasteiger partial charge in [0, 0.05) is 43.2 Å². The van der Waals surface area contributed by atoms with Crippen LogP contribution in [0.2, 0.25) is 0 Å². The third-order valence-electron chi connectivity index (χ3n) is 3.89. The maximum atomic E-state index is 14.6. The van der Waals surface area contributed by atoms with Gasteiger partial charge in [0.05, 0.1) is 6.20 Å². The zero-order valence-electron chi connectivity index (χ0n) is 17.0. The van der Waals surface area contributed by atoms with E-state index in [1.54, 1.807) is 0 Å². The molecular weight excluding hydrogens is 349 g/mol. The van der Waals surface area contributed by atoms with Gasteiger partial charge in [-0.2, -0.15) is 9.40 Å². The third kappa shape index (κ3) is 2.81. The van der Waals surface area contributed by atoms with E-state index in [0.29, 0.717) is 0 Å². The molecule has 0 aromatic carbocycles. The molecule has 4 rings (SSSR count). The lowest BCUT2D eigenvalue weighted by molar-refractivity contribution is 0.304. The first-order valence-corrected chi connectivity index (χ1v) is 8.83. The number of hydrogen-bond acceptors (Lipinski definition) is 6. The highest BCUT2D eigenvalue weighted by Gasteiger charge is 2.33. The van der Waals surface area contributed by atoms with Gasteiger partial charge < -0.3 is 4.42 Å². The van der Waals surface area contributed by atoms with E-state index in [-0.39, 0.29) is 21.4 Å². The summed E-state index contributed by atoms with van der Waals surface area (Å²) < 4.78 is 80.0. The van der Waals surface area contributed by atoms with Gasteiger partial charge >= 0.3 is 0 Å². The Balaban J connectivity index is 1.76. The van der Waals surface area contributed by atoms with Gasteiger partial charge in [0.1, 0.15) is 12.1 Å². The van der Waals surface area contributed by atoms with Crippen LogP contribution in [0.5, 0.6) is 0 Å². The lowest BCUT2D eigenvalue weighted by atomic mass is 9.91. The van der Waals surface area contributed by atoms with Crippen LogP contribution in [-0.4, -0.2) is 45.3 Å². The Hall–Kier alpha value is -2.33. The maximum absolute atomic E-state index is 14.6. The number of hydrogen-bond donors (Lipinski definition) is 0. The second-order valence-corrected chi connectivity index (χ2v) is 7.25. The molecule has 0 spiro atoms. The van der Waals surface area contributed by atoms with Crippen LogP contribution in [0.15, 0.2) is 34.3 Å². The maximum Gasteiger partial charge on any atom is 0.278 e. The molecule has 0 saturated carbocycles. The summed E-state index contributed by atoms with van der Waals surface area (Å²) in [6.45, 7) is -3.90. The summed E-state index contributed by atoms with van der Waals surface area (Å²) in [5.74, 6) is -1.58. The van der Waals surface area contributed by atoms with E-state index in [4.69, 9.17) is 9.90 Å². The largest absolute Gasteiger partial charge is 0.428 e. The molecule has 3 aromatic rings. The first kappa shape index (κ1) is 12.1. The van der Waals surface area contributed by atoms with Crippen LogP contribution in [0.3, 0.4) is 0 Å². The van der Waals surface area contributed by atoms with Gasteiger partial charge in [-0.05, 0) is 18.8 Å². The second-order valence-electron chi connectivity index (χ2n) is 5.53. The number of aromatic nitrogens is 4. The van der Waals surface area contributed by atoms with Crippen LogP contribution >= 0.6 is 0 Å². The smallest absolute Gasteiger partial charge is 0.278 e. The Morgan fingerprint density at radius 2 is 2.12 bits per heavy atom. The van der Waals surface area contributed by atoms with E-state index in [1.165, 1.54) is 24.0 Å². The summed E-state index contributed by atoms with van der Waals surface area (Å²) in [5.41, 5.74) is 0.279. The number of pyridine rings is 1. The molecule has 3 aromatic heterocycles. The van der Waals surface area contributed by atoms with Gasteiger partial charge in [0.15, 0.2) is 11.5 Å². The number of piperidine rings is 1. The fourth-order valence-corrected chi connectivity index (χ4v) is 3.69. The number of fused-ring (bicyclic) bond motifs is 1. The normalized spacial score (nSPS) is 23.8. The summed E-state index contributed by atoms with van der Waals surface area (Å²) in [4.78, 5) is 7.55. The lowest BCUT2D eigenvalue weighted by Crippen LogP contribution is -2.38. The fraction of sp³-hybridized carbons (Fsp3) is 0.400. The van der Waals surface area contributed by atoms with Gasteiger partial charge in [-0.15, -0.1) is 0 Å². The zero-order chi connectivity index (χ0) is 21.2. The van der Waals surface area contributed by atoms with Crippen LogP contribution < -0.4 is 0 Å². The van der Waals surface area contributed by atoms with Crippen LogP contribution in [-0.2, 0) is 10.0 Å². The summed E-state index contributed by atoms with van der Waals surface area (Å²) in [6, 6.07) is 1.12. The van der Waals surface area contributed by atoms with Crippen molar-refractivity contribution in [2.45, 2.75) is 30.8 Å². The molecule has 10 heteroatoms. The minimum Gasteiger partial charge on any atom is -0.428 e. The molecule has 0 radical (unpaired) electrons. The SMILES string of the molecule is [2H]C1([2H])CC(c2cn3ncnc3cc2F)CC([2H])([2H])N1S(=O)(=O)c1cnc(C)o1. The lowest BCUT2D eigenvalue weighted by Gasteiger charge is -2.30. The van der Waals surface area contributed by atoms with E-state index in [1.807, 2.05) is 0 Å². The topological polar surface area (TPSA) is 93.6 Å². The quantitative estimate of drug-likeness (QED) is 0.698.